The predicted molar refractivity (Wildman–Crippen MR) is 77.2 cm³/mol. The van der Waals surface area contributed by atoms with Gasteiger partial charge in [-0.25, -0.2) is 13.1 Å². The lowest BCUT2D eigenvalue weighted by molar-refractivity contribution is -0.137. The molecule has 112 valence electrons. The number of rotatable bonds is 7. The number of hydrogen-bond acceptors (Lipinski definition) is 4. The Morgan fingerprint density at radius 3 is 2.20 bits per heavy atom. The van der Waals surface area contributed by atoms with Crippen molar-refractivity contribution < 1.29 is 18.3 Å². The van der Waals surface area contributed by atoms with Crippen LogP contribution < -0.4 is 10.0 Å². The molecule has 0 saturated carbocycles. The van der Waals surface area contributed by atoms with E-state index in [0.29, 0.717) is 5.69 Å². The Balaban J connectivity index is 2.76. The average Bonchev–Trinajstić information content (AvgIpc) is 2.26. The molecule has 0 aliphatic carbocycles. The van der Waals surface area contributed by atoms with Gasteiger partial charge in [-0.15, -0.1) is 0 Å². The Morgan fingerprint density at radius 2 is 1.75 bits per heavy atom. The molecule has 0 saturated heterocycles. The van der Waals surface area contributed by atoms with Crippen molar-refractivity contribution in [2.75, 3.05) is 5.32 Å². The first kappa shape index (κ1) is 16.5. The molecule has 1 rings (SSSR count). The standard InChI is InChI=1S/C13H20N2O4S/c1-9(2)15-20(18,19)12-6-4-11(5-7-12)14-10(3)8-13(16)17/h4-7,9-10,14-15H,8H2,1-3H3,(H,16,17). The molecule has 0 aliphatic rings. The highest BCUT2D eigenvalue weighted by atomic mass is 32.2. The monoisotopic (exact) mass is 300 g/mol. The Kier molecular flexibility index (Phi) is 5.52. The second-order valence-electron chi connectivity index (χ2n) is 4.94. The topological polar surface area (TPSA) is 95.5 Å². The lowest BCUT2D eigenvalue weighted by Gasteiger charge is -2.14. The summed E-state index contributed by atoms with van der Waals surface area (Å²) in [6, 6.07) is 5.80. The van der Waals surface area contributed by atoms with Gasteiger partial charge in [-0.2, -0.15) is 0 Å². The van der Waals surface area contributed by atoms with Gasteiger partial charge in [0.25, 0.3) is 0 Å². The molecular weight excluding hydrogens is 280 g/mol. The second-order valence-corrected chi connectivity index (χ2v) is 6.66. The maximum atomic E-state index is 11.9. The molecule has 1 aromatic carbocycles. The summed E-state index contributed by atoms with van der Waals surface area (Å²) < 4.78 is 26.3. The summed E-state index contributed by atoms with van der Waals surface area (Å²) in [6.07, 6.45) is -0.00500. The average molecular weight is 300 g/mol. The molecule has 0 aromatic heterocycles. The summed E-state index contributed by atoms with van der Waals surface area (Å²) in [7, 11) is -3.50. The summed E-state index contributed by atoms with van der Waals surface area (Å²) in [5.74, 6) is -0.884. The maximum Gasteiger partial charge on any atom is 0.305 e. The van der Waals surface area contributed by atoms with Gasteiger partial charge in [-0.3, -0.25) is 4.79 Å². The zero-order valence-corrected chi connectivity index (χ0v) is 12.6. The van der Waals surface area contributed by atoms with E-state index in [4.69, 9.17) is 5.11 Å². The van der Waals surface area contributed by atoms with Crippen molar-refractivity contribution in [2.24, 2.45) is 0 Å². The van der Waals surface area contributed by atoms with Crippen LogP contribution in [0.25, 0.3) is 0 Å². The fraction of sp³-hybridized carbons (Fsp3) is 0.462. The van der Waals surface area contributed by atoms with E-state index in [1.54, 1.807) is 32.9 Å². The van der Waals surface area contributed by atoms with Crippen molar-refractivity contribution in [3.05, 3.63) is 24.3 Å². The summed E-state index contributed by atoms with van der Waals surface area (Å²) in [4.78, 5) is 10.7. The first-order valence-corrected chi connectivity index (χ1v) is 7.80. The van der Waals surface area contributed by atoms with E-state index < -0.39 is 16.0 Å². The van der Waals surface area contributed by atoms with Crippen molar-refractivity contribution in [2.45, 2.75) is 44.2 Å². The van der Waals surface area contributed by atoms with Gasteiger partial charge < -0.3 is 10.4 Å². The molecule has 0 heterocycles. The normalized spacial score (nSPS) is 13.2. The maximum absolute atomic E-state index is 11.9. The molecule has 1 atom stereocenters. The molecule has 3 N–H and O–H groups in total. The van der Waals surface area contributed by atoms with Gasteiger partial charge in [0.15, 0.2) is 0 Å². The quantitative estimate of drug-likeness (QED) is 0.711. The van der Waals surface area contributed by atoms with Crippen molar-refractivity contribution in [1.82, 2.24) is 4.72 Å². The van der Waals surface area contributed by atoms with Crippen LogP contribution in [0.1, 0.15) is 27.2 Å². The number of aliphatic carboxylic acids is 1. The lowest BCUT2D eigenvalue weighted by atomic mass is 10.2. The van der Waals surface area contributed by atoms with Gasteiger partial charge in [0.05, 0.1) is 11.3 Å². The van der Waals surface area contributed by atoms with Crippen molar-refractivity contribution in [1.29, 1.82) is 0 Å². The van der Waals surface area contributed by atoms with Crippen LogP contribution in [0.4, 0.5) is 5.69 Å². The van der Waals surface area contributed by atoms with Gasteiger partial charge >= 0.3 is 5.97 Å². The summed E-state index contributed by atoms with van der Waals surface area (Å²) in [6.45, 7) is 5.25. The van der Waals surface area contributed by atoms with Crippen LogP contribution in [0.2, 0.25) is 0 Å². The second kappa shape index (κ2) is 6.71. The molecule has 1 aromatic rings. The summed E-state index contributed by atoms with van der Waals surface area (Å²) >= 11 is 0. The molecule has 0 fully saturated rings. The first-order valence-electron chi connectivity index (χ1n) is 6.31. The number of carboxylic acid groups (broad SMARTS) is 1. The number of nitrogens with one attached hydrogen (secondary N) is 2. The molecule has 0 amide bonds. The van der Waals surface area contributed by atoms with Crippen LogP contribution in [0.15, 0.2) is 29.2 Å². The van der Waals surface area contributed by atoms with Gasteiger partial charge in [0, 0.05) is 17.8 Å². The van der Waals surface area contributed by atoms with Crippen molar-refractivity contribution in [3.63, 3.8) is 0 Å². The third kappa shape index (κ3) is 5.18. The van der Waals surface area contributed by atoms with Crippen molar-refractivity contribution in [3.8, 4) is 0 Å². The fourth-order valence-corrected chi connectivity index (χ4v) is 2.96. The summed E-state index contributed by atoms with van der Waals surface area (Å²) in [5, 5.41) is 11.7. The van der Waals surface area contributed by atoms with E-state index in [0.717, 1.165) is 0 Å². The molecule has 7 heteroatoms. The highest BCUT2D eigenvalue weighted by Gasteiger charge is 2.15. The van der Waals surface area contributed by atoms with Gasteiger partial charge in [-0.1, -0.05) is 0 Å². The molecule has 1 unspecified atom stereocenters. The Morgan fingerprint density at radius 1 is 1.20 bits per heavy atom. The molecular formula is C13H20N2O4S. The third-order valence-electron chi connectivity index (χ3n) is 2.45. The molecule has 0 spiro atoms. The molecule has 0 radical (unpaired) electrons. The SMILES string of the molecule is CC(C)NS(=O)(=O)c1ccc(NC(C)CC(=O)O)cc1. The number of carboxylic acids is 1. The minimum Gasteiger partial charge on any atom is -0.481 e. The van der Waals surface area contributed by atoms with Crippen LogP contribution in [0.5, 0.6) is 0 Å². The predicted octanol–water partition coefficient (Wildman–Crippen LogP) is 1.65. The Labute approximate surface area is 119 Å². The van der Waals surface area contributed by atoms with Crippen LogP contribution in [0, 0.1) is 0 Å². The fourth-order valence-electron chi connectivity index (χ4n) is 1.71. The number of anilines is 1. The Bertz CT molecular complexity index is 552. The van der Waals surface area contributed by atoms with Crippen LogP contribution >= 0.6 is 0 Å². The van der Waals surface area contributed by atoms with Crippen LogP contribution in [-0.2, 0) is 14.8 Å². The minimum atomic E-state index is -3.50. The van der Waals surface area contributed by atoms with E-state index in [1.165, 1.54) is 12.1 Å². The number of sulfonamides is 1. The van der Waals surface area contributed by atoms with E-state index in [1.807, 2.05) is 0 Å². The van der Waals surface area contributed by atoms with Crippen LogP contribution in [0.3, 0.4) is 0 Å². The number of benzene rings is 1. The number of hydrogen-bond donors (Lipinski definition) is 3. The van der Waals surface area contributed by atoms with E-state index in [-0.39, 0.29) is 23.4 Å². The largest absolute Gasteiger partial charge is 0.481 e. The smallest absolute Gasteiger partial charge is 0.305 e. The first-order chi connectivity index (χ1) is 9.20. The Hall–Kier alpha value is -1.60. The van der Waals surface area contributed by atoms with Gasteiger partial charge in [0.2, 0.25) is 10.0 Å². The van der Waals surface area contributed by atoms with Crippen molar-refractivity contribution >= 4 is 21.7 Å². The molecule has 0 bridgehead atoms. The number of carbonyl (C=O) groups is 1. The molecule has 6 nitrogen and oxygen atoms in total. The molecule has 20 heavy (non-hydrogen) atoms. The van der Waals surface area contributed by atoms with Crippen LogP contribution in [-0.4, -0.2) is 31.6 Å². The summed E-state index contributed by atoms with van der Waals surface area (Å²) in [5.41, 5.74) is 0.683. The minimum absolute atomic E-state index is 0.00500. The van der Waals surface area contributed by atoms with Gasteiger partial charge in [0.1, 0.15) is 0 Å². The van der Waals surface area contributed by atoms with E-state index in [9.17, 15) is 13.2 Å². The zero-order valence-electron chi connectivity index (χ0n) is 11.8. The highest BCUT2D eigenvalue weighted by molar-refractivity contribution is 7.89. The zero-order chi connectivity index (χ0) is 15.3. The highest BCUT2D eigenvalue weighted by Crippen LogP contribution is 2.15. The third-order valence-corrected chi connectivity index (χ3v) is 4.12. The van der Waals surface area contributed by atoms with E-state index >= 15 is 0 Å². The molecule has 0 aliphatic heterocycles. The lowest BCUT2D eigenvalue weighted by Crippen LogP contribution is -2.30. The van der Waals surface area contributed by atoms with E-state index in [2.05, 4.69) is 10.0 Å². The van der Waals surface area contributed by atoms with Gasteiger partial charge in [-0.05, 0) is 45.0 Å².